The maximum Gasteiger partial charge on any atom is 0.327 e. The van der Waals surface area contributed by atoms with Crippen molar-refractivity contribution in [3.05, 3.63) is 33.8 Å². The number of carbonyl (C=O) groups excluding carboxylic acids is 1. The molecule has 1 aliphatic rings. The number of benzene rings is 1. The summed E-state index contributed by atoms with van der Waals surface area (Å²) < 4.78 is 0. The molecule has 1 aliphatic heterocycles. The molecular formula is C12H11Cl2NO3S. The highest BCUT2D eigenvalue weighted by atomic mass is 35.5. The van der Waals surface area contributed by atoms with Crippen molar-refractivity contribution in [3.8, 4) is 0 Å². The van der Waals surface area contributed by atoms with Crippen LogP contribution in [0.3, 0.4) is 0 Å². The summed E-state index contributed by atoms with van der Waals surface area (Å²) in [6.07, 6.45) is 0.433. The Morgan fingerprint density at radius 1 is 1.47 bits per heavy atom. The van der Waals surface area contributed by atoms with Crippen LogP contribution in [0.25, 0.3) is 0 Å². The number of carboxylic acids is 1. The summed E-state index contributed by atoms with van der Waals surface area (Å²) in [5, 5.41) is 12.1. The molecule has 1 aromatic carbocycles. The second kappa shape index (κ2) is 6.03. The predicted molar refractivity (Wildman–Crippen MR) is 76.0 cm³/mol. The van der Waals surface area contributed by atoms with Crippen LogP contribution in [0, 0.1) is 0 Å². The van der Waals surface area contributed by atoms with E-state index in [1.165, 1.54) is 11.8 Å². The van der Waals surface area contributed by atoms with Gasteiger partial charge in [-0.15, -0.1) is 11.8 Å². The number of rotatable bonds is 3. The zero-order valence-corrected chi connectivity index (χ0v) is 12.1. The van der Waals surface area contributed by atoms with Gasteiger partial charge in [-0.25, -0.2) is 4.79 Å². The van der Waals surface area contributed by atoms with Crippen molar-refractivity contribution >= 4 is 46.8 Å². The average Bonchev–Trinajstić information content (AvgIpc) is 2.36. The highest BCUT2D eigenvalue weighted by Gasteiger charge is 2.32. The molecule has 1 amide bonds. The molecule has 0 spiro atoms. The molecule has 1 aromatic rings. The highest BCUT2D eigenvalue weighted by Crippen LogP contribution is 2.27. The number of hydrogen-bond donors (Lipinski definition) is 2. The van der Waals surface area contributed by atoms with Crippen LogP contribution in [0.1, 0.15) is 5.56 Å². The molecule has 102 valence electrons. The lowest BCUT2D eigenvalue weighted by molar-refractivity contribution is -0.141. The highest BCUT2D eigenvalue weighted by molar-refractivity contribution is 8.00. The number of halogens is 2. The van der Waals surface area contributed by atoms with E-state index in [2.05, 4.69) is 5.32 Å². The van der Waals surface area contributed by atoms with Crippen LogP contribution in [0.15, 0.2) is 18.2 Å². The second-order valence-corrected chi connectivity index (χ2v) is 6.24. The molecule has 0 saturated carbocycles. The van der Waals surface area contributed by atoms with E-state index in [0.29, 0.717) is 22.2 Å². The van der Waals surface area contributed by atoms with Crippen molar-refractivity contribution in [1.82, 2.24) is 5.32 Å². The maximum atomic E-state index is 11.8. The third-order valence-corrected chi connectivity index (χ3v) is 4.70. The van der Waals surface area contributed by atoms with Gasteiger partial charge in [0.2, 0.25) is 5.91 Å². The van der Waals surface area contributed by atoms with E-state index in [-0.39, 0.29) is 11.2 Å². The zero-order chi connectivity index (χ0) is 14.0. The summed E-state index contributed by atoms with van der Waals surface area (Å²) in [5.41, 5.74) is 0.788. The Morgan fingerprint density at radius 2 is 2.21 bits per heavy atom. The number of carboxylic acid groups (broad SMARTS) is 1. The molecule has 1 fully saturated rings. The number of thioether (sulfide) groups is 1. The number of amides is 1. The largest absolute Gasteiger partial charge is 0.480 e. The summed E-state index contributed by atoms with van der Waals surface area (Å²) in [5.74, 6) is -0.941. The monoisotopic (exact) mass is 319 g/mol. The molecule has 7 heteroatoms. The average molecular weight is 320 g/mol. The SMILES string of the molecule is O=C(O)[C@@H]1CS[C@@H](Cc2cc(Cl)ccc2Cl)C(=O)N1. The first-order chi connectivity index (χ1) is 8.97. The first kappa shape index (κ1) is 14.5. The summed E-state index contributed by atoms with van der Waals surface area (Å²) in [6, 6.07) is 4.27. The molecular weight excluding hydrogens is 309 g/mol. The van der Waals surface area contributed by atoms with Crippen molar-refractivity contribution in [2.75, 3.05) is 5.75 Å². The number of hydrogen-bond acceptors (Lipinski definition) is 3. The number of aliphatic carboxylic acids is 1. The fourth-order valence-electron chi connectivity index (χ4n) is 1.78. The summed E-state index contributed by atoms with van der Waals surface area (Å²) in [6.45, 7) is 0. The third-order valence-electron chi connectivity index (χ3n) is 2.78. The summed E-state index contributed by atoms with van der Waals surface area (Å²) in [7, 11) is 0. The minimum absolute atomic E-state index is 0.278. The first-order valence-electron chi connectivity index (χ1n) is 5.56. The Kier molecular flexibility index (Phi) is 4.60. The molecule has 1 heterocycles. The Balaban J connectivity index is 2.06. The molecule has 4 nitrogen and oxygen atoms in total. The lowest BCUT2D eigenvalue weighted by Gasteiger charge is -2.26. The van der Waals surface area contributed by atoms with Crippen molar-refractivity contribution in [2.45, 2.75) is 17.7 Å². The van der Waals surface area contributed by atoms with Gasteiger partial charge in [0.05, 0.1) is 5.25 Å². The lowest BCUT2D eigenvalue weighted by Crippen LogP contribution is -2.51. The van der Waals surface area contributed by atoms with Gasteiger partial charge in [-0.2, -0.15) is 0 Å². The van der Waals surface area contributed by atoms with Crippen molar-refractivity contribution in [1.29, 1.82) is 0 Å². The van der Waals surface area contributed by atoms with Crippen LogP contribution < -0.4 is 5.32 Å². The van der Waals surface area contributed by atoms with Gasteiger partial charge in [0.1, 0.15) is 6.04 Å². The van der Waals surface area contributed by atoms with Gasteiger partial charge in [-0.3, -0.25) is 4.79 Å². The quantitative estimate of drug-likeness (QED) is 0.896. The standard InChI is InChI=1S/C12H11Cl2NO3S/c13-7-1-2-8(14)6(3-7)4-10-11(16)15-9(5-19-10)12(17)18/h1-3,9-10H,4-5H2,(H,15,16)(H,17,18)/t9-,10-/m0/s1. The Labute approximate surface area is 124 Å². The van der Waals surface area contributed by atoms with Crippen LogP contribution in [0.4, 0.5) is 0 Å². The molecule has 2 rings (SSSR count). The molecule has 0 aliphatic carbocycles. The fourth-order valence-corrected chi connectivity index (χ4v) is 3.34. The van der Waals surface area contributed by atoms with E-state index in [9.17, 15) is 9.59 Å². The van der Waals surface area contributed by atoms with Crippen LogP contribution in [0.2, 0.25) is 10.0 Å². The third kappa shape index (κ3) is 3.55. The molecule has 0 aromatic heterocycles. The second-order valence-electron chi connectivity index (χ2n) is 4.16. The summed E-state index contributed by atoms with van der Waals surface area (Å²) in [4.78, 5) is 22.6. The molecule has 1 saturated heterocycles. The van der Waals surface area contributed by atoms with E-state index in [1.807, 2.05) is 0 Å². The van der Waals surface area contributed by atoms with Crippen LogP contribution in [-0.2, 0) is 16.0 Å². The molecule has 2 N–H and O–H groups in total. The van der Waals surface area contributed by atoms with Gasteiger partial charge >= 0.3 is 5.97 Å². The maximum absolute atomic E-state index is 11.8. The Hall–Kier alpha value is -0.910. The molecule has 19 heavy (non-hydrogen) atoms. The van der Waals surface area contributed by atoms with Gasteiger partial charge in [-0.05, 0) is 30.2 Å². The van der Waals surface area contributed by atoms with E-state index < -0.39 is 12.0 Å². The van der Waals surface area contributed by atoms with Crippen LogP contribution >= 0.6 is 35.0 Å². The van der Waals surface area contributed by atoms with Crippen molar-refractivity contribution < 1.29 is 14.7 Å². The smallest absolute Gasteiger partial charge is 0.327 e. The predicted octanol–water partition coefficient (Wildman–Crippen LogP) is 2.22. The fraction of sp³-hybridized carbons (Fsp3) is 0.333. The first-order valence-corrected chi connectivity index (χ1v) is 7.36. The van der Waals surface area contributed by atoms with E-state index in [1.54, 1.807) is 18.2 Å². The molecule has 2 atom stereocenters. The van der Waals surface area contributed by atoms with E-state index in [0.717, 1.165) is 5.56 Å². The number of carbonyl (C=O) groups is 2. The van der Waals surface area contributed by atoms with Gasteiger partial charge < -0.3 is 10.4 Å². The van der Waals surface area contributed by atoms with Gasteiger partial charge in [0.15, 0.2) is 0 Å². The van der Waals surface area contributed by atoms with Gasteiger partial charge in [0, 0.05) is 15.8 Å². The minimum atomic E-state index is -1.01. The normalized spacial score (nSPS) is 22.9. The zero-order valence-electron chi connectivity index (χ0n) is 9.73. The van der Waals surface area contributed by atoms with Crippen LogP contribution in [-0.4, -0.2) is 34.0 Å². The Bertz CT molecular complexity index is 524. The van der Waals surface area contributed by atoms with E-state index in [4.69, 9.17) is 28.3 Å². The molecule has 0 unspecified atom stereocenters. The molecule has 0 radical (unpaired) electrons. The van der Waals surface area contributed by atoms with Crippen molar-refractivity contribution in [3.63, 3.8) is 0 Å². The van der Waals surface area contributed by atoms with Crippen molar-refractivity contribution in [2.24, 2.45) is 0 Å². The van der Waals surface area contributed by atoms with Gasteiger partial charge in [0.25, 0.3) is 0 Å². The molecule has 0 bridgehead atoms. The summed E-state index contributed by atoms with van der Waals surface area (Å²) >= 11 is 13.3. The van der Waals surface area contributed by atoms with Crippen LogP contribution in [0.5, 0.6) is 0 Å². The van der Waals surface area contributed by atoms with Gasteiger partial charge in [-0.1, -0.05) is 23.2 Å². The minimum Gasteiger partial charge on any atom is -0.480 e. The number of nitrogens with one attached hydrogen (secondary N) is 1. The topological polar surface area (TPSA) is 66.4 Å². The van der Waals surface area contributed by atoms with E-state index >= 15 is 0 Å². The Morgan fingerprint density at radius 3 is 2.84 bits per heavy atom. The lowest BCUT2D eigenvalue weighted by atomic mass is 10.1.